The normalized spacial score (nSPS) is 11.9. The Labute approximate surface area is 141 Å². The third-order valence-electron chi connectivity index (χ3n) is 3.02. The van der Waals surface area contributed by atoms with Crippen LogP contribution in [0.1, 0.15) is 6.92 Å². The smallest absolute Gasteiger partial charge is 0.308 e. The van der Waals surface area contributed by atoms with Crippen molar-refractivity contribution in [3.05, 3.63) is 48.8 Å². The lowest BCUT2D eigenvalue weighted by Gasteiger charge is -2.10. The number of imide groups is 1. The SMILES string of the molecule is C[C@@H](Sc1nc2ncccn2n1)C(=O)NC(=O)Nc1ccccc1. The number of rotatable bonds is 4. The van der Waals surface area contributed by atoms with Gasteiger partial charge in [0.2, 0.25) is 11.1 Å². The van der Waals surface area contributed by atoms with Crippen LogP contribution in [0.5, 0.6) is 0 Å². The van der Waals surface area contributed by atoms with E-state index >= 15 is 0 Å². The maximum Gasteiger partial charge on any atom is 0.325 e. The molecule has 0 radical (unpaired) electrons. The molecule has 0 saturated carbocycles. The Morgan fingerprint density at radius 3 is 2.75 bits per heavy atom. The van der Waals surface area contributed by atoms with Crippen LogP contribution in [0.25, 0.3) is 5.78 Å². The van der Waals surface area contributed by atoms with Crippen molar-refractivity contribution >= 4 is 35.2 Å². The third kappa shape index (κ3) is 3.87. The molecule has 9 heteroatoms. The average Bonchev–Trinajstić information content (AvgIpc) is 2.97. The predicted octanol–water partition coefficient (Wildman–Crippen LogP) is 1.95. The van der Waals surface area contributed by atoms with Gasteiger partial charge >= 0.3 is 6.03 Å². The van der Waals surface area contributed by atoms with Crippen LogP contribution in [0.2, 0.25) is 0 Å². The average molecular weight is 342 g/mol. The molecular weight excluding hydrogens is 328 g/mol. The molecular formula is C15H14N6O2S. The minimum Gasteiger partial charge on any atom is -0.308 e. The Morgan fingerprint density at radius 2 is 2.00 bits per heavy atom. The number of thioether (sulfide) groups is 1. The topological polar surface area (TPSA) is 101 Å². The van der Waals surface area contributed by atoms with Crippen molar-refractivity contribution in [2.24, 2.45) is 0 Å². The molecule has 2 N–H and O–H groups in total. The van der Waals surface area contributed by atoms with E-state index in [0.717, 1.165) is 11.8 Å². The molecule has 1 aromatic carbocycles. The van der Waals surface area contributed by atoms with Crippen molar-refractivity contribution in [3.8, 4) is 0 Å². The molecule has 8 nitrogen and oxygen atoms in total. The zero-order chi connectivity index (χ0) is 16.9. The van der Waals surface area contributed by atoms with E-state index in [9.17, 15) is 9.59 Å². The molecule has 0 saturated heterocycles. The number of para-hydroxylation sites is 1. The zero-order valence-corrected chi connectivity index (χ0v) is 13.5. The van der Waals surface area contributed by atoms with Crippen molar-refractivity contribution in [2.45, 2.75) is 17.3 Å². The number of amides is 3. The van der Waals surface area contributed by atoms with Gasteiger partial charge in [-0.2, -0.15) is 4.98 Å². The molecule has 0 aliphatic rings. The predicted molar refractivity (Wildman–Crippen MR) is 89.7 cm³/mol. The highest BCUT2D eigenvalue weighted by Gasteiger charge is 2.19. The molecule has 0 spiro atoms. The lowest BCUT2D eigenvalue weighted by molar-refractivity contribution is -0.119. The van der Waals surface area contributed by atoms with Crippen LogP contribution in [0, 0.1) is 0 Å². The molecule has 2 aromatic heterocycles. The minimum atomic E-state index is -0.580. The number of nitrogens with one attached hydrogen (secondary N) is 2. The van der Waals surface area contributed by atoms with E-state index in [4.69, 9.17) is 0 Å². The van der Waals surface area contributed by atoms with E-state index in [1.807, 2.05) is 6.07 Å². The molecule has 0 fully saturated rings. The van der Waals surface area contributed by atoms with Crippen LogP contribution < -0.4 is 10.6 Å². The number of benzene rings is 1. The Morgan fingerprint density at radius 1 is 1.21 bits per heavy atom. The maximum absolute atomic E-state index is 12.1. The molecule has 122 valence electrons. The van der Waals surface area contributed by atoms with Gasteiger partial charge in [-0.15, -0.1) is 5.10 Å². The van der Waals surface area contributed by atoms with Crippen molar-refractivity contribution in [1.29, 1.82) is 0 Å². The van der Waals surface area contributed by atoms with Crippen molar-refractivity contribution in [2.75, 3.05) is 5.32 Å². The van der Waals surface area contributed by atoms with Gasteiger partial charge in [-0.3, -0.25) is 10.1 Å². The minimum absolute atomic E-state index is 0.416. The summed E-state index contributed by atoms with van der Waals surface area (Å²) in [5.41, 5.74) is 0.608. The molecule has 2 heterocycles. The fraction of sp³-hybridized carbons (Fsp3) is 0.133. The van der Waals surface area contributed by atoms with Crippen LogP contribution in [-0.4, -0.2) is 36.8 Å². The van der Waals surface area contributed by atoms with Crippen LogP contribution in [0.15, 0.2) is 53.9 Å². The van der Waals surface area contributed by atoms with Gasteiger partial charge in [0.25, 0.3) is 5.78 Å². The highest BCUT2D eigenvalue weighted by Crippen LogP contribution is 2.19. The molecule has 24 heavy (non-hydrogen) atoms. The van der Waals surface area contributed by atoms with Gasteiger partial charge in [-0.25, -0.2) is 14.3 Å². The summed E-state index contributed by atoms with van der Waals surface area (Å²) < 4.78 is 1.52. The van der Waals surface area contributed by atoms with Gasteiger partial charge in [0.15, 0.2) is 0 Å². The first-order chi connectivity index (χ1) is 11.6. The lowest BCUT2D eigenvalue weighted by Crippen LogP contribution is -2.38. The first-order valence-electron chi connectivity index (χ1n) is 7.13. The number of aromatic nitrogens is 4. The van der Waals surface area contributed by atoms with Crippen LogP contribution in [0.4, 0.5) is 10.5 Å². The molecule has 3 aromatic rings. The van der Waals surface area contributed by atoms with Gasteiger partial charge in [-0.1, -0.05) is 30.0 Å². The van der Waals surface area contributed by atoms with Gasteiger partial charge in [0.05, 0.1) is 5.25 Å². The van der Waals surface area contributed by atoms with Crippen molar-refractivity contribution in [3.63, 3.8) is 0 Å². The number of carbonyl (C=O) groups excluding carboxylic acids is 2. The highest BCUT2D eigenvalue weighted by atomic mass is 32.2. The molecule has 1 atom stereocenters. The standard InChI is InChI=1S/C15H14N6O2S/c1-10(24-15-19-13-16-8-5-9-21(13)20-15)12(22)18-14(23)17-11-6-3-2-4-7-11/h2-10H,1H3,(H2,17,18,22,23)/t10-/m1/s1. The number of nitrogens with zero attached hydrogens (tertiary/aromatic N) is 4. The number of carbonyl (C=O) groups is 2. The summed E-state index contributed by atoms with van der Waals surface area (Å²) in [7, 11) is 0. The number of anilines is 1. The Balaban J connectivity index is 1.57. The molecule has 0 aliphatic heterocycles. The quantitative estimate of drug-likeness (QED) is 0.703. The third-order valence-corrected chi connectivity index (χ3v) is 3.97. The maximum atomic E-state index is 12.1. The molecule has 0 unspecified atom stereocenters. The van der Waals surface area contributed by atoms with Gasteiger partial charge in [0, 0.05) is 18.1 Å². The Hall–Kier alpha value is -2.94. The second-order valence-electron chi connectivity index (χ2n) is 4.83. The lowest BCUT2D eigenvalue weighted by atomic mass is 10.3. The second-order valence-corrected chi connectivity index (χ2v) is 6.14. The number of urea groups is 1. The molecule has 3 amide bonds. The van der Waals surface area contributed by atoms with E-state index in [2.05, 4.69) is 25.7 Å². The highest BCUT2D eigenvalue weighted by molar-refractivity contribution is 8.00. The monoisotopic (exact) mass is 342 g/mol. The van der Waals surface area contributed by atoms with Crippen molar-refractivity contribution < 1.29 is 9.59 Å². The fourth-order valence-electron chi connectivity index (χ4n) is 1.87. The van der Waals surface area contributed by atoms with Gasteiger partial charge in [0.1, 0.15) is 0 Å². The first kappa shape index (κ1) is 15.9. The molecule has 3 rings (SSSR count). The molecule has 0 bridgehead atoms. The summed E-state index contributed by atoms with van der Waals surface area (Å²) in [6, 6.07) is 10.0. The summed E-state index contributed by atoms with van der Waals surface area (Å²) in [6.07, 6.45) is 3.33. The summed E-state index contributed by atoms with van der Waals surface area (Å²) in [6.45, 7) is 1.68. The summed E-state index contributed by atoms with van der Waals surface area (Å²) >= 11 is 1.15. The Kier molecular flexibility index (Phi) is 4.71. The fourth-order valence-corrected chi connectivity index (χ4v) is 2.62. The van der Waals surface area contributed by atoms with Crippen molar-refractivity contribution in [1.82, 2.24) is 24.9 Å². The Bertz CT molecular complexity index is 834. The first-order valence-corrected chi connectivity index (χ1v) is 8.01. The zero-order valence-electron chi connectivity index (χ0n) is 12.7. The van der Waals surface area contributed by atoms with E-state index in [1.54, 1.807) is 49.6 Å². The van der Waals surface area contributed by atoms with E-state index in [1.165, 1.54) is 4.52 Å². The van der Waals surface area contributed by atoms with E-state index in [0.29, 0.717) is 16.6 Å². The number of fused-ring (bicyclic) bond motifs is 1. The summed E-state index contributed by atoms with van der Waals surface area (Å²) in [5.74, 6) is 0.0228. The second kappa shape index (κ2) is 7.09. The van der Waals surface area contributed by atoms with Crippen LogP contribution in [0.3, 0.4) is 0 Å². The van der Waals surface area contributed by atoms with E-state index in [-0.39, 0.29) is 0 Å². The van der Waals surface area contributed by atoms with E-state index < -0.39 is 17.2 Å². The van der Waals surface area contributed by atoms with Crippen LogP contribution in [-0.2, 0) is 4.79 Å². The largest absolute Gasteiger partial charge is 0.325 e. The summed E-state index contributed by atoms with van der Waals surface area (Å²) in [4.78, 5) is 32.2. The molecule has 0 aliphatic carbocycles. The van der Waals surface area contributed by atoms with Gasteiger partial charge in [-0.05, 0) is 25.1 Å². The number of hydrogen-bond acceptors (Lipinski definition) is 6. The number of hydrogen-bond donors (Lipinski definition) is 2. The van der Waals surface area contributed by atoms with Crippen LogP contribution >= 0.6 is 11.8 Å². The van der Waals surface area contributed by atoms with Gasteiger partial charge < -0.3 is 5.32 Å². The summed E-state index contributed by atoms with van der Waals surface area (Å²) in [5, 5.41) is 8.97.